The quantitative estimate of drug-likeness (QED) is 0.458. The second-order valence-corrected chi connectivity index (χ2v) is 7.98. The lowest BCUT2D eigenvalue weighted by Gasteiger charge is -2.27. The molecule has 0 radical (unpaired) electrons. The Bertz CT molecular complexity index is 1180. The molecule has 7 heteroatoms. The highest BCUT2D eigenvalue weighted by atomic mass is 16.5. The van der Waals surface area contributed by atoms with Crippen LogP contribution in [0.15, 0.2) is 48.8 Å². The Labute approximate surface area is 182 Å². The molecule has 1 saturated heterocycles. The number of unbranched alkanes of at least 4 members (excludes halogenated alkanes) is 1. The summed E-state index contributed by atoms with van der Waals surface area (Å²) in [5.74, 6) is 1.59. The van der Waals surface area contributed by atoms with E-state index >= 15 is 0 Å². The lowest BCUT2D eigenvalue weighted by atomic mass is 10.1. The smallest absolute Gasteiger partial charge is 0.229 e. The van der Waals surface area contributed by atoms with Gasteiger partial charge in [-0.05, 0) is 28.8 Å². The van der Waals surface area contributed by atoms with Gasteiger partial charge in [-0.15, -0.1) is 0 Å². The normalized spacial score (nSPS) is 14.4. The second kappa shape index (κ2) is 8.89. The first kappa shape index (κ1) is 19.8. The molecule has 1 aliphatic heterocycles. The molecule has 0 bridgehead atoms. The van der Waals surface area contributed by atoms with Crippen LogP contribution in [0.25, 0.3) is 21.9 Å². The monoisotopic (exact) mass is 416 g/mol. The first-order chi connectivity index (χ1) is 15.3. The molecule has 1 N–H and O–H groups in total. The van der Waals surface area contributed by atoms with Crippen molar-refractivity contribution in [2.75, 3.05) is 43.1 Å². The molecule has 1 aliphatic rings. The molecule has 0 saturated carbocycles. The number of imidazole rings is 1. The molecule has 0 unspecified atom stereocenters. The van der Waals surface area contributed by atoms with Crippen molar-refractivity contribution in [3.8, 4) is 0 Å². The van der Waals surface area contributed by atoms with Crippen LogP contribution < -0.4 is 10.2 Å². The van der Waals surface area contributed by atoms with Crippen molar-refractivity contribution in [1.82, 2.24) is 19.5 Å². The third-order valence-electron chi connectivity index (χ3n) is 5.74. The van der Waals surface area contributed by atoms with Gasteiger partial charge in [0, 0.05) is 26.2 Å². The van der Waals surface area contributed by atoms with E-state index in [0.29, 0.717) is 13.2 Å². The Hall–Kier alpha value is -3.19. The summed E-state index contributed by atoms with van der Waals surface area (Å²) in [4.78, 5) is 16.5. The van der Waals surface area contributed by atoms with Crippen LogP contribution in [0.5, 0.6) is 0 Å². The van der Waals surface area contributed by atoms with Gasteiger partial charge in [-0.2, -0.15) is 9.97 Å². The summed E-state index contributed by atoms with van der Waals surface area (Å²) in [5.41, 5.74) is 2.92. The van der Waals surface area contributed by atoms with Gasteiger partial charge in [-0.1, -0.05) is 49.7 Å². The summed E-state index contributed by atoms with van der Waals surface area (Å²) in [7, 11) is 0. The molecule has 7 nitrogen and oxygen atoms in total. The molecule has 2 aromatic heterocycles. The summed E-state index contributed by atoms with van der Waals surface area (Å²) in [5, 5.41) is 6.04. The highest BCUT2D eigenvalue weighted by molar-refractivity contribution is 5.85. The number of nitrogens with one attached hydrogen (secondary N) is 1. The van der Waals surface area contributed by atoms with Crippen molar-refractivity contribution < 1.29 is 4.74 Å². The van der Waals surface area contributed by atoms with Gasteiger partial charge in [0.1, 0.15) is 5.52 Å². The van der Waals surface area contributed by atoms with Gasteiger partial charge in [-0.25, -0.2) is 4.98 Å². The average Bonchev–Trinajstić information content (AvgIpc) is 3.22. The largest absolute Gasteiger partial charge is 0.378 e. The highest BCUT2D eigenvalue weighted by Gasteiger charge is 2.19. The number of rotatable bonds is 7. The van der Waals surface area contributed by atoms with Crippen molar-refractivity contribution in [3.05, 3.63) is 54.4 Å². The van der Waals surface area contributed by atoms with E-state index in [-0.39, 0.29) is 0 Å². The van der Waals surface area contributed by atoms with Crippen LogP contribution in [-0.2, 0) is 11.3 Å². The van der Waals surface area contributed by atoms with E-state index in [9.17, 15) is 0 Å². The molecule has 0 aliphatic carbocycles. The van der Waals surface area contributed by atoms with Crippen molar-refractivity contribution in [1.29, 1.82) is 0 Å². The minimum atomic E-state index is 0.705. The number of morpholine rings is 1. The summed E-state index contributed by atoms with van der Waals surface area (Å²) in [6.07, 6.45) is 4.10. The Balaban J connectivity index is 1.51. The Kier molecular flexibility index (Phi) is 5.67. The summed E-state index contributed by atoms with van der Waals surface area (Å²) >= 11 is 0. The van der Waals surface area contributed by atoms with Crippen LogP contribution in [0.3, 0.4) is 0 Å². The van der Waals surface area contributed by atoms with Crippen molar-refractivity contribution >= 4 is 33.7 Å². The maximum Gasteiger partial charge on any atom is 0.229 e. The third kappa shape index (κ3) is 4.18. The molecule has 1 fully saturated rings. The lowest BCUT2D eigenvalue weighted by Crippen LogP contribution is -2.37. The summed E-state index contributed by atoms with van der Waals surface area (Å²) in [6, 6.07) is 15.0. The number of ether oxygens (including phenoxy) is 1. The van der Waals surface area contributed by atoms with Gasteiger partial charge in [0.15, 0.2) is 11.5 Å². The van der Waals surface area contributed by atoms with E-state index in [2.05, 4.69) is 69.2 Å². The Morgan fingerprint density at radius 2 is 1.87 bits per heavy atom. The molecule has 3 heterocycles. The molecule has 160 valence electrons. The minimum absolute atomic E-state index is 0.705. The fraction of sp³-hybridized carbons (Fsp3) is 0.375. The number of fused-ring (bicyclic) bond motifs is 2. The average molecular weight is 417 g/mol. The topological polar surface area (TPSA) is 68.1 Å². The molecular weight excluding hydrogens is 388 g/mol. The van der Waals surface area contributed by atoms with Crippen LogP contribution in [0.2, 0.25) is 0 Å². The minimum Gasteiger partial charge on any atom is -0.378 e. The molecule has 4 aromatic rings. The Morgan fingerprint density at radius 1 is 1.03 bits per heavy atom. The van der Waals surface area contributed by atoms with E-state index in [1.165, 1.54) is 16.3 Å². The van der Waals surface area contributed by atoms with E-state index < -0.39 is 0 Å². The molecular formula is C24H28N6O. The van der Waals surface area contributed by atoms with Crippen LogP contribution in [0.1, 0.15) is 25.3 Å². The number of hydrogen-bond donors (Lipinski definition) is 1. The maximum absolute atomic E-state index is 5.49. The summed E-state index contributed by atoms with van der Waals surface area (Å²) < 4.78 is 7.64. The van der Waals surface area contributed by atoms with E-state index in [1.54, 1.807) is 0 Å². The zero-order chi connectivity index (χ0) is 21.0. The van der Waals surface area contributed by atoms with Crippen molar-refractivity contribution in [3.63, 3.8) is 0 Å². The van der Waals surface area contributed by atoms with Gasteiger partial charge in [0.05, 0.1) is 19.5 Å². The number of benzene rings is 2. The number of hydrogen-bond acceptors (Lipinski definition) is 6. The predicted octanol–water partition coefficient (Wildman–Crippen LogP) is 4.08. The third-order valence-corrected chi connectivity index (χ3v) is 5.74. The fourth-order valence-electron chi connectivity index (χ4n) is 4.03. The number of nitrogens with zero attached hydrogens (tertiary/aromatic N) is 5. The first-order valence-corrected chi connectivity index (χ1v) is 11.1. The van der Waals surface area contributed by atoms with Crippen molar-refractivity contribution in [2.45, 2.75) is 26.3 Å². The lowest BCUT2D eigenvalue weighted by molar-refractivity contribution is 0.122. The molecule has 0 amide bonds. The van der Waals surface area contributed by atoms with E-state index in [0.717, 1.165) is 62.0 Å². The molecule has 0 spiro atoms. The van der Waals surface area contributed by atoms with E-state index in [4.69, 9.17) is 14.7 Å². The fourth-order valence-corrected chi connectivity index (χ4v) is 4.03. The molecule has 31 heavy (non-hydrogen) atoms. The van der Waals surface area contributed by atoms with Crippen molar-refractivity contribution in [2.24, 2.45) is 0 Å². The van der Waals surface area contributed by atoms with Crippen LogP contribution >= 0.6 is 0 Å². The first-order valence-electron chi connectivity index (χ1n) is 11.1. The van der Waals surface area contributed by atoms with Crippen LogP contribution in [0, 0.1) is 0 Å². The molecule has 5 rings (SSSR count). The molecule has 0 atom stereocenters. The number of anilines is 2. The second-order valence-electron chi connectivity index (χ2n) is 7.98. The number of aromatic nitrogens is 4. The standard InChI is InChI=1S/C24H28N6O/c1-2-3-10-25-22-21-23(28-24(27-22)29-11-13-31-14-12-29)26-17-30(21)16-18-8-9-19-6-4-5-7-20(19)15-18/h4-9,15,17H,2-3,10-14,16H2,1H3,(H,25,27,28). The Morgan fingerprint density at radius 3 is 2.71 bits per heavy atom. The van der Waals surface area contributed by atoms with Gasteiger partial charge in [0.2, 0.25) is 5.95 Å². The van der Waals surface area contributed by atoms with Gasteiger partial charge >= 0.3 is 0 Å². The zero-order valence-electron chi connectivity index (χ0n) is 17.9. The SMILES string of the molecule is CCCCNc1nc(N2CCOCC2)nc2ncn(Cc3ccc4ccccc4c3)c12. The van der Waals surface area contributed by atoms with Crippen LogP contribution in [-0.4, -0.2) is 52.4 Å². The van der Waals surface area contributed by atoms with Gasteiger partial charge in [-0.3, -0.25) is 0 Å². The molecule has 2 aromatic carbocycles. The summed E-state index contributed by atoms with van der Waals surface area (Å²) in [6.45, 7) is 6.82. The maximum atomic E-state index is 5.49. The van der Waals surface area contributed by atoms with Crippen LogP contribution in [0.4, 0.5) is 11.8 Å². The highest BCUT2D eigenvalue weighted by Crippen LogP contribution is 2.25. The predicted molar refractivity (Wildman–Crippen MR) is 125 cm³/mol. The van der Waals surface area contributed by atoms with E-state index in [1.807, 2.05) is 6.33 Å². The van der Waals surface area contributed by atoms with Gasteiger partial charge < -0.3 is 19.5 Å². The van der Waals surface area contributed by atoms with Gasteiger partial charge in [0.25, 0.3) is 0 Å². The zero-order valence-corrected chi connectivity index (χ0v) is 17.9.